The number of thioether (sulfide) groups is 1. The molecule has 2 fully saturated rings. The summed E-state index contributed by atoms with van der Waals surface area (Å²) in [6, 6.07) is 14.4. The van der Waals surface area contributed by atoms with E-state index in [-0.39, 0.29) is 15.9 Å². The third-order valence-electron chi connectivity index (χ3n) is 5.00. The van der Waals surface area contributed by atoms with Crippen LogP contribution in [0.1, 0.15) is 12.5 Å². The molecular formula is C22H19ClN4O3S2. The van der Waals surface area contributed by atoms with Crippen molar-refractivity contribution in [3.8, 4) is 0 Å². The maximum Gasteiger partial charge on any atom is 0.259 e. The van der Waals surface area contributed by atoms with Crippen LogP contribution in [-0.4, -0.2) is 28.3 Å². The van der Waals surface area contributed by atoms with Gasteiger partial charge < -0.3 is 16.0 Å². The number of carbonyl (C=O) groups excluding carboxylic acids is 3. The molecule has 3 N–H and O–H groups in total. The van der Waals surface area contributed by atoms with E-state index in [9.17, 15) is 14.4 Å². The van der Waals surface area contributed by atoms with E-state index >= 15 is 0 Å². The average molecular weight is 487 g/mol. The van der Waals surface area contributed by atoms with Crippen LogP contribution in [-0.2, 0) is 20.8 Å². The van der Waals surface area contributed by atoms with Gasteiger partial charge in [0.1, 0.15) is 5.92 Å². The van der Waals surface area contributed by atoms with Crippen LogP contribution >= 0.6 is 35.6 Å². The topological polar surface area (TPSA) is 90.5 Å². The fourth-order valence-corrected chi connectivity index (χ4v) is 4.71. The minimum atomic E-state index is -1.19. The molecule has 0 aliphatic carbocycles. The number of hydrogen-bond donors (Lipinski definition) is 3. The second-order valence-electron chi connectivity index (χ2n) is 7.12. The van der Waals surface area contributed by atoms with Crippen LogP contribution in [0.5, 0.6) is 0 Å². The number of carbonyl (C=O) groups is 3. The molecule has 2 aliphatic heterocycles. The maximum atomic E-state index is 13.1. The van der Waals surface area contributed by atoms with Crippen LogP contribution < -0.4 is 20.9 Å². The first kappa shape index (κ1) is 22.3. The van der Waals surface area contributed by atoms with Crippen LogP contribution in [0.15, 0.2) is 59.5 Å². The van der Waals surface area contributed by atoms with Crippen molar-refractivity contribution in [3.05, 3.63) is 70.1 Å². The fourth-order valence-electron chi connectivity index (χ4n) is 3.29. The zero-order chi connectivity index (χ0) is 22.8. The lowest BCUT2D eigenvalue weighted by Crippen LogP contribution is -2.57. The van der Waals surface area contributed by atoms with Crippen LogP contribution in [0.4, 0.5) is 11.4 Å². The smallest absolute Gasteiger partial charge is 0.259 e. The van der Waals surface area contributed by atoms with Crippen molar-refractivity contribution in [2.24, 2.45) is 5.92 Å². The molecule has 0 saturated carbocycles. The molecule has 2 aromatic rings. The molecule has 0 bridgehead atoms. The Balaban J connectivity index is 1.51. The SMILES string of the molecule is CCc1ccc(N[C@H]2NC(=O)/C(=C/[C@@H]3C(=O)NC(=S)N(c4ccc(Cl)cc4)C3=O)S2)cc1. The van der Waals surface area contributed by atoms with Gasteiger partial charge >= 0.3 is 0 Å². The molecule has 2 heterocycles. The van der Waals surface area contributed by atoms with E-state index < -0.39 is 23.2 Å². The first-order valence-corrected chi connectivity index (χ1v) is 11.5. The molecule has 2 aromatic carbocycles. The van der Waals surface area contributed by atoms with Gasteiger partial charge in [0.25, 0.3) is 5.91 Å². The third kappa shape index (κ3) is 4.64. The van der Waals surface area contributed by atoms with Crippen LogP contribution in [0.25, 0.3) is 0 Å². The van der Waals surface area contributed by atoms with E-state index in [1.54, 1.807) is 24.3 Å². The lowest BCUT2D eigenvalue weighted by Gasteiger charge is -2.31. The van der Waals surface area contributed by atoms with Crippen molar-refractivity contribution in [1.29, 1.82) is 0 Å². The Kier molecular flexibility index (Phi) is 6.50. The molecule has 32 heavy (non-hydrogen) atoms. The van der Waals surface area contributed by atoms with Gasteiger partial charge in [0.05, 0.1) is 10.6 Å². The van der Waals surface area contributed by atoms with Gasteiger partial charge in [-0.25, -0.2) is 0 Å². The van der Waals surface area contributed by atoms with Gasteiger partial charge in [0.15, 0.2) is 10.6 Å². The monoisotopic (exact) mass is 486 g/mol. The summed E-state index contributed by atoms with van der Waals surface area (Å²) in [6.45, 7) is 2.08. The highest BCUT2D eigenvalue weighted by Gasteiger charge is 2.40. The van der Waals surface area contributed by atoms with Crippen molar-refractivity contribution in [2.75, 3.05) is 10.2 Å². The zero-order valence-electron chi connectivity index (χ0n) is 16.9. The summed E-state index contributed by atoms with van der Waals surface area (Å²) in [4.78, 5) is 39.6. The number of nitrogens with zero attached hydrogens (tertiary/aromatic N) is 1. The summed E-state index contributed by atoms with van der Waals surface area (Å²) in [5.41, 5.74) is 2.12. The molecule has 0 unspecified atom stereocenters. The van der Waals surface area contributed by atoms with E-state index in [0.29, 0.717) is 10.7 Å². The molecule has 7 nitrogen and oxygen atoms in total. The highest BCUT2D eigenvalue weighted by Crippen LogP contribution is 2.31. The van der Waals surface area contributed by atoms with E-state index in [2.05, 4.69) is 22.9 Å². The average Bonchev–Trinajstić information content (AvgIpc) is 3.11. The third-order valence-corrected chi connectivity index (χ3v) is 6.58. The Bertz CT molecular complexity index is 1120. The molecule has 0 radical (unpaired) electrons. The van der Waals surface area contributed by atoms with Gasteiger partial charge in [-0.15, -0.1) is 0 Å². The summed E-state index contributed by atoms with van der Waals surface area (Å²) in [6.07, 6.45) is 2.32. The number of amides is 3. The number of hydrogen-bond acceptors (Lipinski definition) is 6. The highest BCUT2D eigenvalue weighted by atomic mass is 35.5. The van der Waals surface area contributed by atoms with Crippen LogP contribution in [0.3, 0.4) is 0 Å². The predicted octanol–water partition coefficient (Wildman–Crippen LogP) is 3.41. The number of nitrogens with one attached hydrogen (secondary N) is 3. The Labute approximate surface area is 199 Å². The maximum absolute atomic E-state index is 13.1. The summed E-state index contributed by atoms with van der Waals surface area (Å²) < 4.78 is 0. The van der Waals surface area contributed by atoms with E-state index in [0.717, 1.165) is 12.1 Å². The Morgan fingerprint density at radius 1 is 1.12 bits per heavy atom. The second kappa shape index (κ2) is 9.32. The van der Waals surface area contributed by atoms with Gasteiger partial charge in [-0.05, 0) is 66.7 Å². The number of halogens is 1. The molecule has 3 amide bonds. The standard InChI is InChI=1S/C22H19ClN4O3S2/c1-2-12-3-7-14(8-4-12)24-21-25-19(29)17(32-21)11-16-18(28)26-22(31)27(20(16)30)15-9-5-13(23)6-10-15/h3-11,16,21,24H,2H2,1H3,(H,25,29)(H,26,28,31)/b17-11-/t16-,21+/m1/s1. The Hall–Kier alpha value is -2.88. The normalized spacial score (nSPS) is 22.2. The molecule has 4 rings (SSSR count). The molecule has 0 aromatic heterocycles. The first-order valence-electron chi connectivity index (χ1n) is 9.85. The predicted molar refractivity (Wildman–Crippen MR) is 130 cm³/mol. The van der Waals surface area contributed by atoms with Crippen LogP contribution in [0, 0.1) is 5.92 Å². The second-order valence-corrected chi connectivity index (χ2v) is 9.09. The summed E-state index contributed by atoms with van der Waals surface area (Å²) in [5, 5.41) is 9.05. The minimum absolute atomic E-state index is 0.0180. The van der Waals surface area contributed by atoms with Crippen molar-refractivity contribution in [2.45, 2.75) is 18.8 Å². The number of anilines is 2. The molecular weight excluding hydrogens is 468 g/mol. The molecule has 2 aliphatic rings. The van der Waals surface area contributed by atoms with Crippen LogP contribution in [0.2, 0.25) is 5.02 Å². The summed E-state index contributed by atoms with van der Waals surface area (Å²) in [5.74, 6) is -2.65. The molecule has 10 heteroatoms. The largest absolute Gasteiger partial charge is 0.357 e. The van der Waals surface area contributed by atoms with E-state index in [1.165, 1.54) is 28.3 Å². The van der Waals surface area contributed by atoms with Crippen molar-refractivity contribution in [1.82, 2.24) is 10.6 Å². The highest BCUT2D eigenvalue weighted by molar-refractivity contribution is 8.05. The van der Waals surface area contributed by atoms with Gasteiger partial charge in [0.2, 0.25) is 11.8 Å². The molecule has 2 atom stereocenters. The number of thiocarbonyl (C=S) groups is 1. The van der Waals surface area contributed by atoms with Gasteiger partial charge in [-0.3, -0.25) is 19.3 Å². The Morgan fingerprint density at radius 3 is 2.47 bits per heavy atom. The van der Waals surface area contributed by atoms with E-state index in [1.807, 2.05) is 24.3 Å². The fraction of sp³-hybridized carbons (Fsp3) is 0.182. The lowest BCUT2D eigenvalue weighted by atomic mass is 10.0. The minimum Gasteiger partial charge on any atom is -0.357 e. The van der Waals surface area contributed by atoms with E-state index in [4.69, 9.17) is 23.8 Å². The number of aryl methyl sites for hydroxylation is 1. The number of rotatable bonds is 5. The summed E-state index contributed by atoms with van der Waals surface area (Å²) >= 11 is 12.3. The molecule has 2 saturated heterocycles. The zero-order valence-corrected chi connectivity index (χ0v) is 19.3. The van der Waals surface area contributed by atoms with Gasteiger partial charge in [-0.2, -0.15) is 0 Å². The number of benzene rings is 2. The quantitative estimate of drug-likeness (QED) is 0.341. The van der Waals surface area contributed by atoms with Crippen molar-refractivity contribution >= 4 is 69.8 Å². The molecule has 164 valence electrons. The summed E-state index contributed by atoms with van der Waals surface area (Å²) in [7, 11) is 0. The van der Waals surface area contributed by atoms with Crippen molar-refractivity contribution < 1.29 is 14.4 Å². The van der Waals surface area contributed by atoms with Crippen molar-refractivity contribution in [3.63, 3.8) is 0 Å². The molecule has 0 spiro atoms. The van der Waals surface area contributed by atoms with Gasteiger partial charge in [-0.1, -0.05) is 42.4 Å². The first-order chi connectivity index (χ1) is 15.4. The lowest BCUT2D eigenvalue weighted by molar-refractivity contribution is -0.131. The van der Waals surface area contributed by atoms with Gasteiger partial charge in [0, 0.05) is 10.7 Å². The Morgan fingerprint density at radius 2 is 1.81 bits per heavy atom.